The van der Waals surface area contributed by atoms with Gasteiger partial charge in [-0.05, 0) is 37.1 Å². The van der Waals surface area contributed by atoms with Gasteiger partial charge in [0.25, 0.3) is 0 Å². The van der Waals surface area contributed by atoms with Crippen LogP contribution in [0.4, 0.5) is 0 Å². The lowest BCUT2D eigenvalue weighted by molar-refractivity contribution is 0.100. The van der Waals surface area contributed by atoms with Crippen molar-refractivity contribution in [1.82, 2.24) is 9.97 Å². The van der Waals surface area contributed by atoms with E-state index in [2.05, 4.69) is 9.97 Å². The number of pyridine rings is 2. The zero-order chi connectivity index (χ0) is 24.0. The summed E-state index contributed by atoms with van der Waals surface area (Å²) >= 11 is 0. The molecule has 0 saturated heterocycles. The molecule has 166 valence electrons. The van der Waals surface area contributed by atoms with Crippen LogP contribution in [0.2, 0.25) is 0 Å². The van der Waals surface area contributed by atoms with E-state index in [4.69, 9.17) is 0 Å². The van der Waals surface area contributed by atoms with E-state index in [0.29, 0.717) is 44.3 Å². The fourth-order valence-corrected chi connectivity index (χ4v) is 4.07. The van der Waals surface area contributed by atoms with Gasteiger partial charge in [-0.3, -0.25) is 19.2 Å². The molecule has 0 aliphatic rings. The highest BCUT2D eigenvalue weighted by Gasteiger charge is 2.11. The van der Waals surface area contributed by atoms with Crippen molar-refractivity contribution in [3.05, 3.63) is 104 Å². The Labute approximate surface area is 193 Å². The average Bonchev–Trinajstić information content (AvgIpc) is 2.83. The maximum absolute atomic E-state index is 12.9. The Morgan fingerprint density at radius 2 is 0.912 bits per heavy atom. The number of hydrogen-bond acceptors (Lipinski definition) is 4. The molecule has 0 saturated carbocycles. The number of ketones is 2. The molecule has 0 unspecified atom stereocenters. The highest BCUT2D eigenvalue weighted by molar-refractivity contribution is 5.97. The quantitative estimate of drug-likeness (QED) is 0.295. The van der Waals surface area contributed by atoms with Gasteiger partial charge in [0.15, 0.2) is 22.4 Å². The summed E-state index contributed by atoms with van der Waals surface area (Å²) in [5.74, 6) is -0.0585. The number of nitrogens with one attached hydrogen (secondary N) is 2. The van der Waals surface area contributed by atoms with Crippen LogP contribution in [0, 0.1) is 0 Å². The van der Waals surface area contributed by atoms with E-state index in [0.717, 1.165) is 11.1 Å². The van der Waals surface area contributed by atoms with Crippen LogP contribution in [-0.2, 0) is 0 Å². The van der Waals surface area contributed by atoms with Crippen molar-refractivity contribution in [3.63, 3.8) is 0 Å². The van der Waals surface area contributed by atoms with E-state index in [-0.39, 0.29) is 22.4 Å². The largest absolute Gasteiger partial charge is 0.354 e. The van der Waals surface area contributed by atoms with Crippen LogP contribution in [-0.4, -0.2) is 21.5 Å². The van der Waals surface area contributed by atoms with E-state index in [9.17, 15) is 19.2 Å². The highest BCUT2D eigenvalue weighted by atomic mass is 16.1. The van der Waals surface area contributed by atoms with E-state index in [1.807, 2.05) is 0 Å². The molecule has 0 bridgehead atoms. The number of Topliss-reactive ketones (excluding diaryl/α,β-unsaturated/α-hetero) is 2. The number of aromatic nitrogens is 2. The molecule has 2 heterocycles. The topological polar surface area (TPSA) is 99.9 Å². The van der Waals surface area contributed by atoms with E-state index in [1.165, 1.54) is 26.0 Å². The molecule has 5 aromatic rings. The SMILES string of the molecule is CC(=O)c1ccc(-c2cc(=O)c3cc4[nH]c(-c5ccc(C(C)=O)cc5)cc(=O)c4cc3[nH]2)cc1. The molecule has 34 heavy (non-hydrogen) atoms. The minimum Gasteiger partial charge on any atom is -0.354 e. The second-order valence-electron chi connectivity index (χ2n) is 8.30. The number of fused-ring (bicyclic) bond motifs is 2. The molecule has 0 amide bonds. The fourth-order valence-electron chi connectivity index (χ4n) is 4.07. The predicted octanol–water partition coefficient (Wildman–Crippen LogP) is 5.11. The van der Waals surface area contributed by atoms with Gasteiger partial charge >= 0.3 is 0 Å². The van der Waals surface area contributed by atoms with Gasteiger partial charge in [0.05, 0.1) is 11.0 Å². The van der Waals surface area contributed by atoms with Crippen molar-refractivity contribution in [2.45, 2.75) is 13.8 Å². The third-order valence-corrected chi connectivity index (χ3v) is 5.98. The van der Waals surface area contributed by atoms with Crippen LogP contribution in [0.25, 0.3) is 44.3 Å². The van der Waals surface area contributed by atoms with Crippen LogP contribution < -0.4 is 10.9 Å². The summed E-state index contributed by atoms with van der Waals surface area (Å²) in [6.45, 7) is 3.00. The first kappa shape index (κ1) is 21.3. The molecule has 0 radical (unpaired) electrons. The van der Waals surface area contributed by atoms with Gasteiger partial charge in [0, 0.05) is 45.4 Å². The zero-order valence-corrected chi connectivity index (χ0v) is 18.6. The monoisotopic (exact) mass is 448 g/mol. The Morgan fingerprint density at radius 3 is 1.24 bits per heavy atom. The maximum Gasteiger partial charge on any atom is 0.190 e. The smallest absolute Gasteiger partial charge is 0.190 e. The highest BCUT2D eigenvalue weighted by Crippen LogP contribution is 2.24. The van der Waals surface area contributed by atoms with Gasteiger partial charge in [0.1, 0.15) is 0 Å². The van der Waals surface area contributed by atoms with Gasteiger partial charge < -0.3 is 9.97 Å². The fraction of sp³-hybridized carbons (Fsp3) is 0.0714. The number of H-pyrrole nitrogens is 2. The van der Waals surface area contributed by atoms with E-state index in [1.54, 1.807) is 60.7 Å². The molecule has 0 atom stereocenters. The predicted molar refractivity (Wildman–Crippen MR) is 134 cm³/mol. The minimum absolute atomic E-state index is 0.0292. The zero-order valence-electron chi connectivity index (χ0n) is 18.6. The van der Waals surface area contributed by atoms with Crippen LogP contribution in [0.5, 0.6) is 0 Å². The molecular weight excluding hydrogens is 428 g/mol. The maximum atomic E-state index is 12.9. The van der Waals surface area contributed by atoms with Crippen molar-refractivity contribution in [1.29, 1.82) is 0 Å². The number of rotatable bonds is 4. The van der Waals surface area contributed by atoms with Gasteiger partial charge in [-0.15, -0.1) is 0 Å². The van der Waals surface area contributed by atoms with Crippen LogP contribution in [0.1, 0.15) is 34.6 Å². The number of benzene rings is 3. The van der Waals surface area contributed by atoms with E-state index < -0.39 is 0 Å². The standard InChI is InChI=1S/C28H20N2O4/c1-15(31)17-3-7-19(8-4-17)23-13-27(33)21-12-26-22(11-25(21)29-23)28(34)14-24(30-26)20-9-5-18(6-10-20)16(2)32/h3-14H,1-2H3,(H,29,33)(H,30,34). The van der Waals surface area contributed by atoms with Crippen LogP contribution in [0.3, 0.4) is 0 Å². The lowest BCUT2D eigenvalue weighted by atomic mass is 10.0. The Bertz CT molecular complexity index is 1590. The molecule has 2 N–H and O–H groups in total. The molecular formula is C28H20N2O4. The van der Waals surface area contributed by atoms with Gasteiger partial charge in [-0.25, -0.2) is 0 Å². The van der Waals surface area contributed by atoms with Crippen molar-refractivity contribution in [2.24, 2.45) is 0 Å². The van der Waals surface area contributed by atoms with Crippen LogP contribution >= 0.6 is 0 Å². The lowest BCUT2D eigenvalue weighted by Gasteiger charge is -2.09. The minimum atomic E-state index is -0.182. The molecule has 2 aromatic heterocycles. The molecule has 6 nitrogen and oxygen atoms in total. The summed E-state index contributed by atoms with van der Waals surface area (Å²) < 4.78 is 0. The number of carbonyl (C=O) groups is 2. The number of hydrogen-bond donors (Lipinski definition) is 2. The van der Waals surface area contributed by atoms with Crippen molar-refractivity contribution in [2.75, 3.05) is 0 Å². The third-order valence-electron chi connectivity index (χ3n) is 5.98. The van der Waals surface area contributed by atoms with E-state index >= 15 is 0 Å². The average molecular weight is 448 g/mol. The first-order valence-electron chi connectivity index (χ1n) is 10.8. The summed E-state index contributed by atoms with van der Waals surface area (Å²) in [5, 5.41) is 0.910. The lowest BCUT2D eigenvalue weighted by Crippen LogP contribution is -2.07. The van der Waals surface area contributed by atoms with Crippen molar-refractivity contribution >= 4 is 33.4 Å². The van der Waals surface area contributed by atoms with Crippen molar-refractivity contribution < 1.29 is 9.59 Å². The summed E-state index contributed by atoms with van der Waals surface area (Å²) in [6, 6.07) is 20.4. The second kappa shape index (κ2) is 8.08. The van der Waals surface area contributed by atoms with Gasteiger partial charge in [-0.2, -0.15) is 0 Å². The Hall–Kier alpha value is -4.58. The van der Waals surface area contributed by atoms with Crippen LogP contribution in [0.15, 0.2) is 82.4 Å². The Kier molecular flexibility index (Phi) is 5.06. The molecule has 5 rings (SSSR count). The summed E-state index contributed by atoms with van der Waals surface area (Å²) in [7, 11) is 0. The Morgan fingerprint density at radius 1 is 0.559 bits per heavy atom. The number of carbonyl (C=O) groups excluding carboxylic acids is 2. The van der Waals surface area contributed by atoms with Gasteiger partial charge in [-0.1, -0.05) is 48.5 Å². The molecule has 0 aliphatic carbocycles. The summed E-state index contributed by atoms with van der Waals surface area (Å²) in [4.78, 5) is 55.4. The first-order chi connectivity index (χ1) is 16.3. The van der Waals surface area contributed by atoms with Gasteiger partial charge in [0.2, 0.25) is 0 Å². The third kappa shape index (κ3) is 3.75. The Balaban J connectivity index is 1.63. The first-order valence-corrected chi connectivity index (χ1v) is 10.8. The van der Waals surface area contributed by atoms with Crippen molar-refractivity contribution in [3.8, 4) is 22.5 Å². The summed E-state index contributed by atoms with van der Waals surface area (Å²) in [6.07, 6.45) is 0. The summed E-state index contributed by atoms with van der Waals surface area (Å²) in [5.41, 5.74) is 4.66. The molecule has 0 fully saturated rings. The molecule has 6 heteroatoms. The molecule has 0 spiro atoms. The number of aromatic amines is 2. The second-order valence-corrected chi connectivity index (χ2v) is 8.30. The molecule has 0 aliphatic heterocycles. The molecule has 3 aromatic carbocycles. The normalized spacial score (nSPS) is 11.1.